The summed E-state index contributed by atoms with van der Waals surface area (Å²) in [7, 11) is 0. The van der Waals surface area contributed by atoms with Crippen molar-refractivity contribution in [3.05, 3.63) is 52.2 Å². The molecule has 104 valence electrons. The van der Waals surface area contributed by atoms with Crippen molar-refractivity contribution in [3.8, 4) is 0 Å². The number of hydrogen-bond donors (Lipinski definition) is 1. The molecule has 0 aliphatic rings. The van der Waals surface area contributed by atoms with Crippen molar-refractivity contribution >= 4 is 39.1 Å². The van der Waals surface area contributed by atoms with Gasteiger partial charge in [-0.2, -0.15) is 0 Å². The molecular weight excluding hydrogens is 298 g/mol. The lowest BCUT2D eigenvalue weighted by molar-refractivity contribution is -0.380. The summed E-state index contributed by atoms with van der Waals surface area (Å²) in [6.07, 6.45) is 1.14. The topological polar surface area (TPSA) is 85.1 Å². The number of amides is 1. The second-order valence-corrected chi connectivity index (χ2v) is 5.78. The SMILES string of the molecule is O=C(CSCc1ccccc1)Nc1ncc([N+](=O)[O-])s1. The second kappa shape index (κ2) is 7.01. The number of carbonyl (C=O) groups excluding carboxylic acids is 1. The highest BCUT2D eigenvalue weighted by atomic mass is 32.2. The molecule has 0 spiro atoms. The van der Waals surface area contributed by atoms with E-state index in [4.69, 9.17) is 0 Å². The van der Waals surface area contributed by atoms with Crippen molar-refractivity contribution in [2.24, 2.45) is 0 Å². The third-order valence-corrected chi connectivity index (χ3v) is 4.13. The predicted molar refractivity (Wildman–Crippen MR) is 80.0 cm³/mol. The molecule has 0 radical (unpaired) electrons. The highest BCUT2D eigenvalue weighted by Crippen LogP contribution is 2.25. The minimum atomic E-state index is -0.530. The summed E-state index contributed by atoms with van der Waals surface area (Å²) in [4.78, 5) is 25.4. The molecule has 0 saturated heterocycles. The zero-order valence-corrected chi connectivity index (χ0v) is 11.9. The number of aromatic nitrogens is 1. The van der Waals surface area contributed by atoms with E-state index >= 15 is 0 Å². The van der Waals surface area contributed by atoms with E-state index in [1.807, 2.05) is 30.3 Å². The third-order valence-electron chi connectivity index (χ3n) is 2.26. The number of anilines is 1. The summed E-state index contributed by atoms with van der Waals surface area (Å²) in [6.45, 7) is 0. The van der Waals surface area contributed by atoms with Crippen LogP contribution in [0.1, 0.15) is 5.56 Å². The van der Waals surface area contributed by atoms with Crippen LogP contribution in [0.4, 0.5) is 10.1 Å². The third kappa shape index (κ3) is 4.32. The molecule has 20 heavy (non-hydrogen) atoms. The number of thioether (sulfide) groups is 1. The summed E-state index contributed by atoms with van der Waals surface area (Å²) in [5.74, 6) is 0.810. The van der Waals surface area contributed by atoms with Gasteiger partial charge in [0.1, 0.15) is 6.20 Å². The Balaban J connectivity index is 1.76. The van der Waals surface area contributed by atoms with E-state index < -0.39 is 4.92 Å². The second-order valence-electron chi connectivity index (χ2n) is 3.79. The molecule has 0 aliphatic heterocycles. The van der Waals surface area contributed by atoms with Crippen LogP contribution in [0, 0.1) is 10.1 Å². The molecule has 8 heteroatoms. The normalized spacial score (nSPS) is 10.2. The number of nitrogens with one attached hydrogen (secondary N) is 1. The first-order valence-corrected chi connectivity index (χ1v) is 7.64. The van der Waals surface area contributed by atoms with E-state index in [1.165, 1.54) is 11.8 Å². The van der Waals surface area contributed by atoms with Gasteiger partial charge in [-0.05, 0) is 16.9 Å². The molecule has 1 N–H and O–H groups in total. The van der Waals surface area contributed by atoms with Crippen molar-refractivity contribution < 1.29 is 9.72 Å². The van der Waals surface area contributed by atoms with E-state index in [1.54, 1.807) is 0 Å². The summed E-state index contributed by atoms with van der Waals surface area (Å²) >= 11 is 2.33. The van der Waals surface area contributed by atoms with Crippen LogP contribution in [0.25, 0.3) is 0 Å². The molecule has 1 aromatic heterocycles. The minimum absolute atomic E-state index is 0.0859. The molecule has 0 aliphatic carbocycles. The Bertz CT molecular complexity index is 601. The maximum Gasteiger partial charge on any atom is 0.345 e. The zero-order valence-electron chi connectivity index (χ0n) is 10.3. The summed E-state index contributed by atoms with van der Waals surface area (Å²) < 4.78 is 0. The average Bonchev–Trinajstić information content (AvgIpc) is 2.88. The van der Waals surface area contributed by atoms with Crippen molar-refractivity contribution in [1.29, 1.82) is 0 Å². The van der Waals surface area contributed by atoms with Crippen LogP contribution >= 0.6 is 23.1 Å². The number of rotatable bonds is 6. The molecule has 1 amide bonds. The Morgan fingerprint density at radius 3 is 2.80 bits per heavy atom. The monoisotopic (exact) mass is 309 g/mol. The van der Waals surface area contributed by atoms with Crippen LogP contribution in [-0.2, 0) is 10.5 Å². The zero-order chi connectivity index (χ0) is 14.4. The van der Waals surface area contributed by atoms with Gasteiger partial charge in [-0.25, -0.2) is 4.98 Å². The van der Waals surface area contributed by atoms with E-state index in [2.05, 4.69) is 10.3 Å². The van der Waals surface area contributed by atoms with E-state index in [9.17, 15) is 14.9 Å². The lowest BCUT2D eigenvalue weighted by atomic mass is 10.2. The number of thiazole rings is 1. The van der Waals surface area contributed by atoms with Crippen molar-refractivity contribution in [2.75, 3.05) is 11.1 Å². The first-order chi connectivity index (χ1) is 9.65. The number of nitrogens with zero attached hydrogens (tertiary/aromatic N) is 2. The molecule has 0 atom stereocenters. The number of hydrogen-bond acceptors (Lipinski definition) is 6. The summed E-state index contributed by atoms with van der Waals surface area (Å²) in [6, 6.07) is 9.83. The lowest BCUT2D eigenvalue weighted by Gasteiger charge is -2.02. The molecular formula is C12H11N3O3S2. The van der Waals surface area contributed by atoms with Gasteiger partial charge in [-0.3, -0.25) is 14.9 Å². The maximum absolute atomic E-state index is 11.6. The van der Waals surface area contributed by atoms with Crippen LogP contribution in [-0.4, -0.2) is 21.6 Å². The Kier molecular flexibility index (Phi) is 5.08. The first kappa shape index (κ1) is 14.5. The van der Waals surface area contributed by atoms with Crippen LogP contribution in [0.15, 0.2) is 36.5 Å². The van der Waals surface area contributed by atoms with Gasteiger partial charge in [0.2, 0.25) is 5.91 Å². The van der Waals surface area contributed by atoms with Crippen LogP contribution in [0.5, 0.6) is 0 Å². The smallest absolute Gasteiger partial charge is 0.301 e. The van der Waals surface area contributed by atoms with E-state index in [0.29, 0.717) is 0 Å². The standard InChI is InChI=1S/C12H11N3O3S2/c16-10(8-19-7-9-4-2-1-3-5-9)14-12-13-6-11(20-12)15(17)18/h1-6H,7-8H2,(H,13,14,16). The summed E-state index contributed by atoms with van der Waals surface area (Å²) in [5, 5.41) is 13.2. The maximum atomic E-state index is 11.6. The number of nitro groups is 1. The molecule has 2 rings (SSSR count). The van der Waals surface area contributed by atoms with Gasteiger partial charge in [0.05, 0.1) is 10.7 Å². The van der Waals surface area contributed by atoms with Gasteiger partial charge in [0, 0.05) is 5.75 Å². The Morgan fingerprint density at radius 2 is 2.15 bits per heavy atom. The number of carbonyl (C=O) groups is 1. The fraction of sp³-hybridized carbons (Fsp3) is 0.167. The number of benzene rings is 1. The Labute approximate surface area is 123 Å². The lowest BCUT2D eigenvalue weighted by Crippen LogP contribution is -2.13. The first-order valence-electron chi connectivity index (χ1n) is 5.67. The molecule has 1 heterocycles. The summed E-state index contributed by atoms with van der Waals surface area (Å²) in [5.41, 5.74) is 1.15. The highest BCUT2D eigenvalue weighted by Gasteiger charge is 2.13. The van der Waals surface area contributed by atoms with Crippen molar-refractivity contribution in [3.63, 3.8) is 0 Å². The van der Waals surface area contributed by atoms with Gasteiger partial charge in [-0.1, -0.05) is 30.3 Å². The molecule has 1 aromatic carbocycles. The Morgan fingerprint density at radius 1 is 1.40 bits per heavy atom. The highest BCUT2D eigenvalue weighted by molar-refractivity contribution is 7.99. The van der Waals surface area contributed by atoms with Crippen molar-refractivity contribution in [1.82, 2.24) is 4.98 Å². The van der Waals surface area contributed by atoms with Crippen LogP contribution < -0.4 is 5.32 Å². The van der Waals surface area contributed by atoms with Gasteiger partial charge < -0.3 is 5.32 Å². The van der Waals surface area contributed by atoms with Crippen LogP contribution in [0.3, 0.4) is 0 Å². The van der Waals surface area contributed by atoms with Gasteiger partial charge >= 0.3 is 5.00 Å². The van der Waals surface area contributed by atoms with Crippen molar-refractivity contribution in [2.45, 2.75) is 5.75 Å². The van der Waals surface area contributed by atoms with Crippen LogP contribution in [0.2, 0.25) is 0 Å². The van der Waals surface area contributed by atoms with E-state index in [0.717, 1.165) is 28.8 Å². The fourth-order valence-electron chi connectivity index (χ4n) is 1.40. The van der Waals surface area contributed by atoms with Gasteiger partial charge in [0.15, 0.2) is 5.13 Å². The molecule has 0 fully saturated rings. The molecule has 0 saturated carbocycles. The van der Waals surface area contributed by atoms with Gasteiger partial charge in [0.25, 0.3) is 0 Å². The molecule has 2 aromatic rings. The predicted octanol–water partition coefficient (Wildman–Crippen LogP) is 2.92. The molecule has 6 nitrogen and oxygen atoms in total. The van der Waals surface area contributed by atoms with Gasteiger partial charge in [-0.15, -0.1) is 11.8 Å². The van der Waals surface area contributed by atoms with E-state index in [-0.39, 0.29) is 21.8 Å². The Hall–Kier alpha value is -1.93. The molecule has 0 bridgehead atoms. The quantitative estimate of drug-likeness (QED) is 0.655. The largest absolute Gasteiger partial charge is 0.345 e. The minimum Gasteiger partial charge on any atom is -0.301 e. The molecule has 0 unspecified atom stereocenters. The average molecular weight is 309 g/mol. The fourth-order valence-corrected chi connectivity index (χ4v) is 2.84.